The second kappa shape index (κ2) is 2.63. The lowest BCUT2D eigenvalue weighted by Crippen LogP contribution is -2.25. The topological polar surface area (TPSA) is 26.3 Å². The molecule has 0 heterocycles. The van der Waals surface area contributed by atoms with Crippen molar-refractivity contribution < 1.29 is 9.53 Å². The van der Waals surface area contributed by atoms with Crippen molar-refractivity contribution in [2.75, 3.05) is 7.11 Å². The first-order chi connectivity index (χ1) is 5.83. The molecule has 0 fully saturated rings. The summed E-state index contributed by atoms with van der Waals surface area (Å²) < 4.78 is 4.67. The molecule has 0 aromatic heterocycles. The number of esters is 1. The van der Waals surface area contributed by atoms with Gasteiger partial charge in [0.05, 0.1) is 13.0 Å². The molecule has 0 saturated carbocycles. The van der Waals surface area contributed by atoms with Crippen LogP contribution in [0.5, 0.6) is 0 Å². The third-order valence-corrected chi connectivity index (χ3v) is 2.34. The predicted octanol–water partition coefficient (Wildman–Crippen LogP) is 1.50. The Labute approximate surface area is 71.2 Å². The first-order valence-electron chi connectivity index (χ1n) is 3.98. The van der Waals surface area contributed by atoms with E-state index in [4.69, 9.17) is 0 Å². The zero-order chi connectivity index (χ0) is 8.55. The van der Waals surface area contributed by atoms with Gasteiger partial charge in [-0.2, -0.15) is 0 Å². The normalized spacial score (nSPS) is 19.2. The first-order valence-corrected chi connectivity index (χ1v) is 3.98. The van der Waals surface area contributed by atoms with Crippen LogP contribution in [-0.4, -0.2) is 13.1 Å². The molecular weight excluding hydrogens is 152 g/mol. The lowest BCUT2D eigenvalue weighted by atomic mass is 9.78. The van der Waals surface area contributed by atoms with Crippen molar-refractivity contribution in [2.45, 2.75) is 12.3 Å². The van der Waals surface area contributed by atoms with E-state index in [1.807, 2.05) is 18.2 Å². The van der Waals surface area contributed by atoms with Crippen LogP contribution in [-0.2, 0) is 16.0 Å². The Bertz CT molecular complexity index is 317. The van der Waals surface area contributed by atoms with E-state index in [-0.39, 0.29) is 11.9 Å². The van der Waals surface area contributed by atoms with E-state index < -0.39 is 0 Å². The van der Waals surface area contributed by atoms with Gasteiger partial charge < -0.3 is 4.74 Å². The number of rotatable bonds is 1. The summed E-state index contributed by atoms with van der Waals surface area (Å²) in [5, 5.41) is 0. The number of fused-ring (bicyclic) bond motifs is 1. The number of carbonyl (C=O) groups is 1. The molecule has 2 nitrogen and oxygen atoms in total. The van der Waals surface area contributed by atoms with Gasteiger partial charge in [-0.1, -0.05) is 24.3 Å². The van der Waals surface area contributed by atoms with Crippen molar-refractivity contribution in [3.8, 4) is 0 Å². The van der Waals surface area contributed by atoms with E-state index >= 15 is 0 Å². The number of benzene rings is 1. The van der Waals surface area contributed by atoms with Crippen LogP contribution in [0.3, 0.4) is 0 Å². The van der Waals surface area contributed by atoms with E-state index in [9.17, 15) is 4.79 Å². The Hall–Kier alpha value is -1.31. The molecule has 62 valence electrons. The molecule has 0 N–H and O–H groups in total. The summed E-state index contributed by atoms with van der Waals surface area (Å²) in [5.41, 5.74) is 2.40. The van der Waals surface area contributed by atoms with Gasteiger partial charge in [-0.3, -0.25) is 4.79 Å². The zero-order valence-electron chi connectivity index (χ0n) is 6.91. The molecule has 0 saturated heterocycles. The fourth-order valence-electron chi connectivity index (χ4n) is 1.61. The molecule has 1 aliphatic carbocycles. The van der Waals surface area contributed by atoms with Gasteiger partial charge in [0.25, 0.3) is 0 Å². The maximum absolute atomic E-state index is 11.1. The third-order valence-electron chi connectivity index (χ3n) is 2.34. The molecule has 0 amide bonds. The van der Waals surface area contributed by atoms with Crippen LogP contribution in [0.1, 0.15) is 17.0 Å². The number of methoxy groups -OCH3 is 1. The minimum Gasteiger partial charge on any atom is -0.469 e. The van der Waals surface area contributed by atoms with Crippen LogP contribution in [0.15, 0.2) is 24.3 Å². The van der Waals surface area contributed by atoms with Crippen molar-refractivity contribution in [3.05, 3.63) is 35.4 Å². The molecule has 1 aromatic carbocycles. The van der Waals surface area contributed by atoms with Gasteiger partial charge in [0.2, 0.25) is 0 Å². The Balaban J connectivity index is 2.25. The van der Waals surface area contributed by atoms with E-state index in [1.54, 1.807) is 0 Å². The summed E-state index contributed by atoms with van der Waals surface area (Å²) in [6.45, 7) is 0. The van der Waals surface area contributed by atoms with Crippen molar-refractivity contribution in [1.29, 1.82) is 0 Å². The fraction of sp³-hybridized carbons (Fsp3) is 0.300. The van der Waals surface area contributed by atoms with E-state index in [1.165, 1.54) is 12.7 Å². The molecule has 0 spiro atoms. The molecule has 1 atom stereocenters. The average molecular weight is 162 g/mol. The third kappa shape index (κ3) is 0.916. The molecule has 0 unspecified atom stereocenters. The number of hydrogen-bond acceptors (Lipinski definition) is 2. The number of ether oxygens (including phenoxy) is 1. The van der Waals surface area contributed by atoms with Crippen LogP contribution < -0.4 is 0 Å². The van der Waals surface area contributed by atoms with Crippen LogP contribution in [0, 0.1) is 0 Å². The molecule has 0 bridgehead atoms. The van der Waals surface area contributed by atoms with E-state index in [0.717, 1.165) is 12.0 Å². The lowest BCUT2D eigenvalue weighted by molar-refractivity contribution is -0.143. The van der Waals surface area contributed by atoms with Crippen molar-refractivity contribution in [1.82, 2.24) is 0 Å². The summed E-state index contributed by atoms with van der Waals surface area (Å²) >= 11 is 0. The van der Waals surface area contributed by atoms with Gasteiger partial charge in [-0.25, -0.2) is 0 Å². The Morgan fingerprint density at radius 2 is 2.25 bits per heavy atom. The molecular formula is C10H10O2. The Morgan fingerprint density at radius 1 is 1.50 bits per heavy atom. The van der Waals surface area contributed by atoms with Crippen LogP contribution in [0.25, 0.3) is 0 Å². The summed E-state index contributed by atoms with van der Waals surface area (Å²) in [4.78, 5) is 11.1. The second-order valence-electron chi connectivity index (χ2n) is 2.98. The monoisotopic (exact) mass is 162 g/mol. The highest BCUT2D eigenvalue weighted by Gasteiger charge is 2.32. The average Bonchev–Trinajstić information content (AvgIpc) is 2.07. The minimum absolute atomic E-state index is 0.00815. The lowest BCUT2D eigenvalue weighted by Gasteiger charge is -2.27. The van der Waals surface area contributed by atoms with Crippen LogP contribution >= 0.6 is 0 Å². The molecule has 1 aliphatic rings. The molecule has 2 heteroatoms. The van der Waals surface area contributed by atoms with Gasteiger partial charge in [-0.05, 0) is 17.5 Å². The first kappa shape index (κ1) is 7.35. The zero-order valence-corrected chi connectivity index (χ0v) is 6.91. The molecule has 0 radical (unpaired) electrons. The standard InChI is InChI=1S/C10H10O2/c1-12-10(11)9-6-7-4-2-3-5-8(7)9/h2-5,9H,6H2,1H3/t9-/m0/s1. The summed E-state index contributed by atoms with van der Waals surface area (Å²) in [6, 6.07) is 7.98. The number of carbonyl (C=O) groups excluding carboxylic acids is 1. The number of hydrogen-bond donors (Lipinski definition) is 0. The van der Waals surface area contributed by atoms with Crippen LogP contribution in [0.2, 0.25) is 0 Å². The summed E-state index contributed by atoms with van der Waals surface area (Å²) in [5.74, 6) is -0.125. The van der Waals surface area contributed by atoms with Crippen molar-refractivity contribution >= 4 is 5.97 Å². The van der Waals surface area contributed by atoms with Gasteiger partial charge in [0, 0.05) is 0 Å². The Morgan fingerprint density at radius 3 is 2.92 bits per heavy atom. The molecule has 1 aromatic rings. The van der Waals surface area contributed by atoms with Crippen LogP contribution in [0.4, 0.5) is 0 Å². The van der Waals surface area contributed by atoms with Gasteiger partial charge in [-0.15, -0.1) is 0 Å². The largest absolute Gasteiger partial charge is 0.469 e. The maximum Gasteiger partial charge on any atom is 0.313 e. The minimum atomic E-state index is -0.117. The highest BCUT2D eigenvalue weighted by Crippen LogP contribution is 2.35. The Kier molecular flexibility index (Phi) is 1.61. The maximum atomic E-state index is 11.1. The van der Waals surface area contributed by atoms with Crippen molar-refractivity contribution in [3.63, 3.8) is 0 Å². The summed E-state index contributed by atoms with van der Waals surface area (Å²) in [7, 11) is 1.43. The predicted molar refractivity (Wildman–Crippen MR) is 44.9 cm³/mol. The van der Waals surface area contributed by atoms with E-state index in [2.05, 4.69) is 10.8 Å². The quantitative estimate of drug-likeness (QED) is 0.585. The highest BCUT2D eigenvalue weighted by molar-refractivity contribution is 5.81. The van der Waals surface area contributed by atoms with Gasteiger partial charge in [0.1, 0.15) is 0 Å². The van der Waals surface area contributed by atoms with E-state index in [0.29, 0.717) is 0 Å². The molecule has 12 heavy (non-hydrogen) atoms. The molecule has 0 aliphatic heterocycles. The molecule has 2 rings (SSSR count). The SMILES string of the molecule is COC(=O)[C@H]1Cc2ccccc21. The summed E-state index contributed by atoms with van der Waals surface area (Å²) in [6.07, 6.45) is 0.836. The second-order valence-corrected chi connectivity index (χ2v) is 2.98. The van der Waals surface area contributed by atoms with Gasteiger partial charge >= 0.3 is 5.97 Å². The highest BCUT2D eigenvalue weighted by atomic mass is 16.5. The van der Waals surface area contributed by atoms with Gasteiger partial charge in [0.15, 0.2) is 0 Å². The fourth-order valence-corrected chi connectivity index (χ4v) is 1.61. The smallest absolute Gasteiger partial charge is 0.313 e. The van der Waals surface area contributed by atoms with Crippen molar-refractivity contribution in [2.24, 2.45) is 0 Å².